The van der Waals surface area contributed by atoms with Gasteiger partial charge in [-0.2, -0.15) is 0 Å². The van der Waals surface area contributed by atoms with Gasteiger partial charge in [-0.05, 0) is 48.0 Å². The average molecular weight is 310 g/mol. The van der Waals surface area contributed by atoms with Crippen LogP contribution in [0.5, 0.6) is 5.75 Å². The van der Waals surface area contributed by atoms with Gasteiger partial charge in [0.1, 0.15) is 11.3 Å². The zero-order valence-electron chi connectivity index (χ0n) is 9.94. The monoisotopic (exact) mass is 309 g/mol. The molecule has 0 fully saturated rings. The van der Waals surface area contributed by atoms with Crippen LogP contribution in [0.15, 0.2) is 28.7 Å². The predicted molar refractivity (Wildman–Crippen MR) is 71.6 cm³/mol. The first-order chi connectivity index (χ1) is 8.41. The fourth-order valence-corrected chi connectivity index (χ4v) is 2.47. The molecule has 0 saturated heterocycles. The summed E-state index contributed by atoms with van der Waals surface area (Å²) < 4.78 is 2.91. The molecular weight excluding hydrogens is 298 g/mol. The van der Waals surface area contributed by atoms with Gasteiger partial charge < -0.3 is 14.8 Å². The van der Waals surface area contributed by atoms with E-state index in [1.807, 2.05) is 24.5 Å². The number of benzene rings is 1. The standard InChI is InChI=1S/C13H12BrNO3/c1-7-5-11(14)8(2)15(7)9-3-4-10(13(17)18)12(16)6-9/h3-6,16H,1-2H3,(H,17,18). The Labute approximate surface area is 113 Å². The van der Waals surface area contributed by atoms with Crippen LogP contribution in [-0.2, 0) is 0 Å². The minimum Gasteiger partial charge on any atom is -0.507 e. The van der Waals surface area contributed by atoms with Crippen LogP contribution >= 0.6 is 15.9 Å². The summed E-state index contributed by atoms with van der Waals surface area (Å²) in [6.07, 6.45) is 0. The van der Waals surface area contributed by atoms with E-state index in [-0.39, 0.29) is 11.3 Å². The fourth-order valence-electron chi connectivity index (χ4n) is 1.96. The van der Waals surface area contributed by atoms with Crippen LogP contribution in [0.2, 0.25) is 0 Å². The summed E-state index contributed by atoms with van der Waals surface area (Å²) in [7, 11) is 0. The highest BCUT2D eigenvalue weighted by Crippen LogP contribution is 2.28. The lowest BCUT2D eigenvalue weighted by Crippen LogP contribution is -2.01. The molecule has 0 amide bonds. The predicted octanol–water partition coefficient (Wildman–Crippen LogP) is 3.26. The van der Waals surface area contributed by atoms with Gasteiger partial charge in [0.2, 0.25) is 0 Å². The smallest absolute Gasteiger partial charge is 0.339 e. The maximum Gasteiger partial charge on any atom is 0.339 e. The first-order valence-electron chi connectivity index (χ1n) is 5.33. The first kappa shape index (κ1) is 12.7. The number of aromatic nitrogens is 1. The SMILES string of the molecule is Cc1cc(Br)c(C)n1-c1ccc(C(=O)O)c(O)c1. The summed E-state index contributed by atoms with van der Waals surface area (Å²) in [4.78, 5) is 10.8. The van der Waals surface area contributed by atoms with Crippen molar-refractivity contribution >= 4 is 21.9 Å². The molecule has 0 spiro atoms. The molecule has 0 saturated carbocycles. The molecule has 18 heavy (non-hydrogen) atoms. The Balaban J connectivity index is 2.59. The molecule has 1 aromatic heterocycles. The second-order valence-corrected chi connectivity index (χ2v) is 4.92. The number of aryl methyl sites for hydroxylation is 1. The molecule has 0 aliphatic rings. The van der Waals surface area contributed by atoms with Crippen LogP contribution in [0.1, 0.15) is 21.7 Å². The molecule has 0 bridgehead atoms. The molecule has 1 heterocycles. The lowest BCUT2D eigenvalue weighted by atomic mass is 10.2. The highest BCUT2D eigenvalue weighted by atomic mass is 79.9. The van der Waals surface area contributed by atoms with Crippen LogP contribution in [-0.4, -0.2) is 20.7 Å². The van der Waals surface area contributed by atoms with Crippen molar-refractivity contribution < 1.29 is 15.0 Å². The summed E-state index contributed by atoms with van der Waals surface area (Å²) in [6, 6.07) is 6.50. The Bertz CT molecular complexity index is 631. The summed E-state index contributed by atoms with van der Waals surface area (Å²) in [5, 5.41) is 18.6. The first-order valence-corrected chi connectivity index (χ1v) is 6.12. The number of aromatic hydroxyl groups is 1. The third-order valence-electron chi connectivity index (χ3n) is 2.84. The third kappa shape index (κ3) is 2.01. The van der Waals surface area contributed by atoms with Crippen molar-refractivity contribution in [2.45, 2.75) is 13.8 Å². The van der Waals surface area contributed by atoms with Gasteiger partial charge in [-0.25, -0.2) is 4.79 Å². The number of carbonyl (C=O) groups is 1. The molecule has 0 aliphatic heterocycles. The van der Waals surface area contributed by atoms with Crippen molar-refractivity contribution in [3.05, 3.63) is 45.7 Å². The van der Waals surface area contributed by atoms with Gasteiger partial charge in [0.25, 0.3) is 0 Å². The van der Waals surface area contributed by atoms with E-state index in [2.05, 4.69) is 15.9 Å². The normalized spacial score (nSPS) is 10.6. The summed E-state index contributed by atoms with van der Waals surface area (Å²) >= 11 is 3.44. The summed E-state index contributed by atoms with van der Waals surface area (Å²) in [5.41, 5.74) is 2.63. The van der Waals surface area contributed by atoms with E-state index in [4.69, 9.17) is 5.11 Å². The topological polar surface area (TPSA) is 62.5 Å². The van der Waals surface area contributed by atoms with Gasteiger partial charge in [-0.3, -0.25) is 0 Å². The maximum atomic E-state index is 10.8. The van der Waals surface area contributed by atoms with E-state index in [1.54, 1.807) is 6.07 Å². The van der Waals surface area contributed by atoms with E-state index in [1.165, 1.54) is 12.1 Å². The molecule has 0 atom stereocenters. The number of rotatable bonds is 2. The van der Waals surface area contributed by atoms with Crippen molar-refractivity contribution in [1.82, 2.24) is 4.57 Å². The fraction of sp³-hybridized carbons (Fsp3) is 0.154. The van der Waals surface area contributed by atoms with Gasteiger partial charge in [0, 0.05) is 27.6 Å². The average Bonchev–Trinajstić information content (AvgIpc) is 2.52. The summed E-state index contributed by atoms with van der Waals surface area (Å²) in [5.74, 6) is -1.37. The largest absolute Gasteiger partial charge is 0.507 e. The van der Waals surface area contributed by atoms with Gasteiger partial charge in [-0.1, -0.05) is 0 Å². The zero-order chi connectivity index (χ0) is 13.4. The van der Waals surface area contributed by atoms with Crippen LogP contribution < -0.4 is 0 Å². The van der Waals surface area contributed by atoms with E-state index in [0.717, 1.165) is 21.5 Å². The van der Waals surface area contributed by atoms with Gasteiger partial charge >= 0.3 is 5.97 Å². The molecule has 2 aromatic rings. The molecule has 0 aliphatic carbocycles. The number of hydrogen-bond donors (Lipinski definition) is 2. The minimum absolute atomic E-state index is 0.0970. The van der Waals surface area contributed by atoms with Crippen molar-refractivity contribution in [3.8, 4) is 11.4 Å². The van der Waals surface area contributed by atoms with Crippen LogP contribution in [0.3, 0.4) is 0 Å². The van der Waals surface area contributed by atoms with E-state index in [9.17, 15) is 9.90 Å². The minimum atomic E-state index is -1.14. The Morgan fingerprint density at radius 1 is 1.28 bits per heavy atom. The van der Waals surface area contributed by atoms with E-state index < -0.39 is 5.97 Å². The lowest BCUT2D eigenvalue weighted by molar-refractivity contribution is 0.0694. The Hall–Kier alpha value is -1.75. The number of carboxylic acids is 1. The van der Waals surface area contributed by atoms with E-state index >= 15 is 0 Å². The molecule has 1 aromatic carbocycles. The number of aromatic carboxylic acids is 1. The van der Waals surface area contributed by atoms with Crippen molar-refractivity contribution in [3.63, 3.8) is 0 Å². The molecule has 2 rings (SSSR count). The van der Waals surface area contributed by atoms with Crippen molar-refractivity contribution in [2.75, 3.05) is 0 Å². The number of carboxylic acid groups (broad SMARTS) is 1. The van der Waals surface area contributed by atoms with Gasteiger partial charge in [0.05, 0.1) is 0 Å². The van der Waals surface area contributed by atoms with Gasteiger partial charge in [0.15, 0.2) is 0 Å². The Morgan fingerprint density at radius 2 is 1.94 bits per heavy atom. The molecular formula is C13H12BrNO3. The zero-order valence-corrected chi connectivity index (χ0v) is 11.5. The molecule has 94 valence electrons. The van der Waals surface area contributed by atoms with Crippen molar-refractivity contribution in [2.24, 2.45) is 0 Å². The molecule has 0 unspecified atom stereocenters. The second kappa shape index (κ2) is 4.49. The molecule has 2 N–H and O–H groups in total. The highest BCUT2D eigenvalue weighted by molar-refractivity contribution is 9.10. The van der Waals surface area contributed by atoms with Gasteiger partial charge in [-0.15, -0.1) is 0 Å². The Kier molecular flexibility index (Phi) is 3.17. The van der Waals surface area contributed by atoms with Crippen LogP contribution in [0.25, 0.3) is 5.69 Å². The molecule has 0 radical (unpaired) electrons. The Morgan fingerprint density at radius 3 is 2.39 bits per heavy atom. The number of hydrogen-bond acceptors (Lipinski definition) is 2. The van der Waals surface area contributed by atoms with Crippen molar-refractivity contribution in [1.29, 1.82) is 0 Å². The molecule has 5 heteroatoms. The summed E-state index contributed by atoms with van der Waals surface area (Å²) in [6.45, 7) is 3.89. The van der Waals surface area contributed by atoms with E-state index in [0.29, 0.717) is 0 Å². The highest BCUT2D eigenvalue weighted by Gasteiger charge is 2.13. The van der Waals surface area contributed by atoms with Crippen LogP contribution in [0, 0.1) is 13.8 Å². The third-order valence-corrected chi connectivity index (χ3v) is 3.64. The number of halogens is 1. The maximum absolute atomic E-state index is 10.8. The second-order valence-electron chi connectivity index (χ2n) is 4.06. The quantitative estimate of drug-likeness (QED) is 0.895. The lowest BCUT2D eigenvalue weighted by Gasteiger charge is -2.10. The van der Waals surface area contributed by atoms with Crippen LogP contribution in [0.4, 0.5) is 0 Å². The number of phenols is 1. The molecule has 4 nitrogen and oxygen atoms in total. The number of nitrogens with zero attached hydrogens (tertiary/aromatic N) is 1.